The molecule has 0 saturated carbocycles. The van der Waals surface area contributed by atoms with Crippen LogP contribution in [0, 0.1) is 0 Å². The highest BCUT2D eigenvalue weighted by molar-refractivity contribution is 6.33. The molecule has 0 bridgehead atoms. The molecule has 2 N–H and O–H groups in total. The van der Waals surface area contributed by atoms with Gasteiger partial charge in [0, 0.05) is 10.1 Å². The Kier molecular flexibility index (Phi) is 2.36. The van der Waals surface area contributed by atoms with E-state index in [0.717, 1.165) is 0 Å². The maximum absolute atomic E-state index is 8.99. The van der Waals surface area contributed by atoms with E-state index in [4.69, 9.17) is 33.4 Å². The van der Waals surface area contributed by atoms with Crippen LogP contribution >= 0.6 is 23.2 Å². The number of rotatable bonds is 0. The van der Waals surface area contributed by atoms with E-state index in [0.29, 0.717) is 0 Å². The number of aliphatic hydroxyl groups excluding tert-OH is 2. The molecule has 0 spiro atoms. The van der Waals surface area contributed by atoms with Gasteiger partial charge in [-0.1, -0.05) is 23.2 Å². The molecule has 1 rings (SSSR count). The SMILES string of the molecule is OC1C=C(Cl)C(O)C=C1Cl. The van der Waals surface area contributed by atoms with Gasteiger partial charge in [-0.2, -0.15) is 0 Å². The average Bonchev–Trinajstić information content (AvgIpc) is 1.84. The summed E-state index contributed by atoms with van der Waals surface area (Å²) in [6.45, 7) is 0. The molecule has 10 heavy (non-hydrogen) atoms. The van der Waals surface area contributed by atoms with Gasteiger partial charge in [-0.25, -0.2) is 0 Å². The van der Waals surface area contributed by atoms with E-state index >= 15 is 0 Å². The number of hydrogen-bond donors (Lipinski definition) is 2. The Hall–Kier alpha value is -0.0200. The van der Waals surface area contributed by atoms with Crippen LogP contribution in [0.15, 0.2) is 22.2 Å². The van der Waals surface area contributed by atoms with Crippen LogP contribution in [-0.4, -0.2) is 22.4 Å². The fourth-order valence-electron chi connectivity index (χ4n) is 0.658. The average molecular weight is 181 g/mol. The van der Waals surface area contributed by atoms with Crippen LogP contribution in [0.4, 0.5) is 0 Å². The molecule has 0 amide bonds. The molecule has 0 saturated heterocycles. The quantitative estimate of drug-likeness (QED) is 0.584. The Bertz CT molecular complexity index is 176. The Morgan fingerprint density at radius 3 is 1.60 bits per heavy atom. The van der Waals surface area contributed by atoms with Gasteiger partial charge in [-0.15, -0.1) is 0 Å². The maximum Gasteiger partial charge on any atom is 0.109 e. The van der Waals surface area contributed by atoms with Gasteiger partial charge in [-0.3, -0.25) is 0 Å². The van der Waals surface area contributed by atoms with Gasteiger partial charge < -0.3 is 10.2 Å². The van der Waals surface area contributed by atoms with E-state index in [2.05, 4.69) is 0 Å². The molecule has 0 aromatic rings. The number of halogens is 2. The van der Waals surface area contributed by atoms with Crippen molar-refractivity contribution in [3.8, 4) is 0 Å². The van der Waals surface area contributed by atoms with E-state index in [1.54, 1.807) is 0 Å². The van der Waals surface area contributed by atoms with Gasteiger partial charge in [0.25, 0.3) is 0 Å². The van der Waals surface area contributed by atoms with E-state index in [1.807, 2.05) is 0 Å². The summed E-state index contributed by atoms with van der Waals surface area (Å²) in [6, 6.07) is 0. The molecular weight excluding hydrogens is 175 g/mol. The molecule has 0 aliphatic heterocycles. The van der Waals surface area contributed by atoms with Gasteiger partial charge in [0.1, 0.15) is 12.2 Å². The van der Waals surface area contributed by atoms with Crippen molar-refractivity contribution >= 4 is 23.2 Å². The van der Waals surface area contributed by atoms with Gasteiger partial charge in [0.15, 0.2) is 0 Å². The lowest BCUT2D eigenvalue weighted by atomic mass is 10.1. The molecule has 2 nitrogen and oxygen atoms in total. The fourth-order valence-corrected chi connectivity index (χ4v) is 1.02. The first-order chi connectivity index (χ1) is 4.61. The van der Waals surface area contributed by atoms with Crippen molar-refractivity contribution in [2.75, 3.05) is 0 Å². The molecule has 56 valence electrons. The van der Waals surface area contributed by atoms with Crippen LogP contribution in [0.2, 0.25) is 0 Å². The monoisotopic (exact) mass is 180 g/mol. The summed E-state index contributed by atoms with van der Waals surface area (Å²) in [5, 5.41) is 18.4. The lowest BCUT2D eigenvalue weighted by molar-refractivity contribution is 0.233. The third-order valence-corrected chi connectivity index (χ3v) is 1.90. The van der Waals surface area contributed by atoms with Crippen LogP contribution < -0.4 is 0 Å². The first-order valence-electron chi connectivity index (χ1n) is 2.72. The normalized spacial score (nSPS) is 33.2. The lowest BCUT2D eigenvalue weighted by Gasteiger charge is -2.14. The topological polar surface area (TPSA) is 40.5 Å². The number of aliphatic hydroxyl groups is 2. The Labute approximate surface area is 68.4 Å². The van der Waals surface area contributed by atoms with Crippen LogP contribution in [0.25, 0.3) is 0 Å². The van der Waals surface area contributed by atoms with Gasteiger partial charge >= 0.3 is 0 Å². The van der Waals surface area contributed by atoms with Crippen LogP contribution in [0.5, 0.6) is 0 Å². The fraction of sp³-hybridized carbons (Fsp3) is 0.333. The minimum Gasteiger partial charge on any atom is -0.383 e. The van der Waals surface area contributed by atoms with Gasteiger partial charge in [0.2, 0.25) is 0 Å². The summed E-state index contributed by atoms with van der Waals surface area (Å²) in [4.78, 5) is 0. The third kappa shape index (κ3) is 1.52. The van der Waals surface area contributed by atoms with E-state index < -0.39 is 12.2 Å². The molecule has 0 heterocycles. The molecule has 4 heteroatoms. The second-order valence-corrected chi connectivity index (χ2v) is 2.87. The minimum atomic E-state index is -0.863. The number of hydrogen-bond acceptors (Lipinski definition) is 2. The van der Waals surface area contributed by atoms with Crippen molar-refractivity contribution in [2.45, 2.75) is 12.2 Å². The van der Waals surface area contributed by atoms with Crippen molar-refractivity contribution in [1.82, 2.24) is 0 Å². The van der Waals surface area contributed by atoms with Crippen molar-refractivity contribution in [2.24, 2.45) is 0 Å². The largest absolute Gasteiger partial charge is 0.383 e. The van der Waals surface area contributed by atoms with E-state index in [9.17, 15) is 0 Å². The van der Waals surface area contributed by atoms with E-state index in [-0.39, 0.29) is 10.1 Å². The highest BCUT2D eigenvalue weighted by Gasteiger charge is 2.17. The Balaban J connectivity index is 2.81. The molecule has 1 aliphatic carbocycles. The summed E-state index contributed by atoms with van der Waals surface area (Å²) in [5.74, 6) is 0. The van der Waals surface area contributed by atoms with Crippen LogP contribution in [0.3, 0.4) is 0 Å². The molecule has 1 aliphatic rings. The predicted octanol–water partition coefficient (Wildman–Crippen LogP) is 0.967. The summed E-state index contributed by atoms with van der Waals surface area (Å²) in [6.07, 6.45) is 0.874. The zero-order valence-electron chi connectivity index (χ0n) is 4.96. The van der Waals surface area contributed by atoms with Crippen LogP contribution in [0.1, 0.15) is 0 Å². The third-order valence-electron chi connectivity index (χ3n) is 1.20. The first kappa shape index (κ1) is 8.08. The predicted molar refractivity (Wildman–Crippen MR) is 39.9 cm³/mol. The van der Waals surface area contributed by atoms with Crippen molar-refractivity contribution in [3.05, 3.63) is 22.2 Å². The zero-order valence-corrected chi connectivity index (χ0v) is 6.47. The summed E-state index contributed by atoms with van der Waals surface area (Å²) in [7, 11) is 0. The highest BCUT2D eigenvalue weighted by Crippen LogP contribution is 2.23. The summed E-state index contributed by atoms with van der Waals surface area (Å²) < 4.78 is 0. The Morgan fingerprint density at radius 2 is 1.30 bits per heavy atom. The molecule has 2 atom stereocenters. The van der Waals surface area contributed by atoms with Crippen molar-refractivity contribution in [1.29, 1.82) is 0 Å². The standard InChI is InChI=1S/C6H6Cl2O2/c7-3-1-5(9)4(8)2-6(3)10/h1-2,5-6,9-10H. The molecule has 0 aromatic heterocycles. The summed E-state index contributed by atoms with van der Waals surface area (Å²) in [5.41, 5.74) is 0. The van der Waals surface area contributed by atoms with Crippen molar-refractivity contribution in [3.63, 3.8) is 0 Å². The highest BCUT2D eigenvalue weighted by atomic mass is 35.5. The summed E-state index contributed by atoms with van der Waals surface area (Å²) >= 11 is 11.0. The molecule has 2 unspecified atom stereocenters. The maximum atomic E-state index is 8.99. The Morgan fingerprint density at radius 1 is 1.00 bits per heavy atom. The van der Waals surface area contributed by atoms with E-state index in [1.165, 1.54) is 12.2 Å². The van der Waals surface area contributed by atoms with Gasteiger partial charge in [-0.05, 0) is 12.2 Å². The second-order valence-electron chi connectivity index (χ2n) is 1.99. The first-order valence-corrected chi connectivity index (χ1v) is 3.47. The molecule has 0 radical (unpaired) electrons. The minimum absolute atomic E-state index is 0.205. The lowest BCUT2D eigenvalue weighted by Crippen LogP contribution is -2.15. The molecule has 0 fully saturated rings. The van der Waals surface area contributed by atoms with Gasteiger partial charge in [0.05, 0.1) is 0 Å². The molecule has 0 aromatic carbocycles. The van der Waals surface area contributed by atoms with Crippen molar-refractivity contribution < 1.29 is 10.2 Å². The van der Waals surface area contributed by atoms with Crippen LogP contribution in [-0.2, 0) is 0 Å². The zero-order chi connectivity index (χ0) is 7.72. The molecular formula is C6H6Cl2O2. The smallest absolute Gasteiger partial charge is 0.109 e. The second kappa shape index (κ2) is 2.93.